The third-order valence-corrected chi connectivity index (χ3v) is 7.01. The SMILES string of the molecule is NC(=O)C(C(N)=O)=c1ccc2c(c1)N1C3=C(CCCC3)C[C@@H]3CCCC[C@@]31N=2. The summed E-state index contributed by atoms with van der Waals surface area (Å²) >= 11 is 0. The van der Waals surface area contributed by atoms with Gasteiger partial charge in [0.1, 0.15) is 11.2 Å². The minimum Gasteiger partial charge on any atom is -0.365 e. The number of hydrogen-bond acceptors (Lipinski definition) is 4. The molecule has 0 unspecified atom stereocenters. The first-order valence-electron chi connectivity index (χ1n) is 10.4. The molecule has 1 spiro atoms. The Labute approximate surface area is 164 Å². The van der Waals surface area contributed by atoms with E-state index in [2.05, 4.69) is 4.90 Å². The van der Waals surface area contributed by atoms with Crippen LogP contribution in [-0.2, 0) is 9.59 Å². The Morgan fingerprint density at radius 1 is 1.07 bits per heavy atom. The molecule has 1 saturated carbocycles. The number of anilines is 1. The van der Waals surface area contributed by atoms with Gasteiger partial charge in [-0.3, -0.25) is 14.6 Å². The van der Waals surface area contributed by atoms with E-state index in [0.29, 0.717) is 11.1 Å². The van der Waals surface area contributed by atoms with Crippen LogP contribution in [0.3, 0.4) is 0 Å². The quantitative estimate of drug-likeness (QED) is 0.760. The van der Waals surface area contributed by atoms with Crippen molar-refractivity contribution in [2.45, 2.75) is 63.5 Å². The lowest BCUT2D eigenvalue weighted by Crippen LogP contribution is -2.55. The molecule has 146 valence electrons. The van der Waals surface area contributed by atoms with Gasteiger partial charge in [0, 0.05) is 11.6 Å². The maximum Gasteiger partial charge on any atom is 0.254 e. The molecule has 0 aromatic heterocycles. The molecule has 4 N–H and O–H groups in total. The molecule has 2 atom stereocenters. The molecular formula is C22H26N4O2. The first-order valence-corrected chi connectivity index (χ1v) is 10.4. The van der Waals surface area contributed by atoms with Gasteiger partial charge in [-0.2, -0.15) is 0 Å². The summed E-state index contributed by atoms with van der Waals surface area (Å²) in [4.78, 5) is 31.4. The molecule has 2 aliphatic heterocycles. The molecule has 2 amide bonds. The van der Waals surface area contributed by atoms with E-state index in [0.717, 1.165) is 30.3 Å². The molecule has 28 heavy (non-hydrogen) atoms. The number of nitrogens with two attached hydrogens (primary N) is 2. The van der Waals surface area contributed by atoms with Crippen LogP contribution in [0.4, 0.5) is 5.69 Å². The van der Waals surface area contributed by atoms with E-state index in [4.69, 9.17) is 16.5 Å². The summed E-state index contributed by atoms with van der Waals surface area (Å²) < 4.78 is 0. The molecule has 1 aromatic carbocycles. The van der Waals surface area contributed by atoms with Gasteiger partial charge < -0.3 is 16.4 Å². The van der Waals surface area contributed by atoms with Crippen molar-refractivity contribution in [3.8, 4) is 0 Å². The number of carbonyl (C=O) groups is 2. The largest absolute Gasteiger partial charge is 0.365 e. The summed E-state index contributed by atoms with van der Waals surface area (Å²) in [7, 11) is 0. The topological polar surface area (TPSA) is 102 Å². The zero-order chi connectivity index (χ0) is 19.5. The minimum atomic E-state index is -0.788. The van der Waals surface area contributed by atoms with Gasteiger partial charge in [-0.05, 0) is 68.7 Å². The second kappa shape index (κ2) is 6.19. The number of fused-ring (bicyclic) bond motifs is 3. The number of carbonyl (C=O) groups excluding carboxylic acids is 2. The Hall–Kier alpha value is -2.63. The predicted molar refractivity (Wildman–Crippen MR) is 106 cm³/mol. The van der Waals surface area contributed by atoms with Gasteiger partial charge in [-0.1, -0.05) is 18.1 Å². The van der Waals surface area contributed by atoms with Crippen molar-refractivity contribution >= 4 is 23.1 Å². The van der Waals surface area contributed by atoms with Gasteiger partial charge in [-0.15, -0.1) is 0 Å². The lowest BCUT2D eigenvalue weighted by Gasteiger charge is -2.52. The van der Waals surface area contributed by atoms with Crippen molar-refractivity contribution in [2.75, 3.05) is 4.90 Å². The first kappa shape index (κ1) is 17.5. The number of hydrogen-bond donors (Lipinski definition) is 2. The Bertz CT molecular complexity index is 1030. The highest BCUT2D eigenvalue weighted by Crippen LogP contribution is 2.53. The van der Waals surface area contributed by atoms with Crippen LogP contribution in [0, 0.1) is 5.92 Å². The Morgan fingerprint density at radius 3 is 2.64 bits per heavy atom. The molecule has 0 radical (unpaired) electrons. The lowest BCUT2D eigenvalue weighted by atomic mass is 9.70. The van der Waals surface area contributed by atoms with E-state index in [1.165, 1.54) is 44.2 Å². The first-order chi connectivity index (χ1) is 13.5. The molecule has 0 saturated heterocycles. The second-order valence-electron chi connectivity index (χ2n) is 8.54. The van der Waals surface area contributed by atoms with Gasteiger partial charge in [0.25, 0.3) is 11.8 Å². The van der Waals surface area contributed by atoms with E-state index in [1.807, 2.05) is 12.1 Å². The highest BCUT2D eigenvalue weighted by Gasteiger charge is 2.53. The summed E-state index contributed by atoms with van der Waals surface area (Å²) in [5, 5.41) is 1.44. The van der Waals surface area contributed by atoms with Crippen LogP contribution >= 0.6 is 0 Å². The number of rotatable bonds is 2. The molecular weight excluding hydrogens is 352 g/mol. The highest BCUT2D eigenvalue weighted by atomic mass is 16.2. The maximum atomic E-state index is 11.8. The van der Waals surface area contributed by atoms with Crippen LogP contribution in [0.25, 0.3) is 5.57 Å². The van der Waals surface area contributed by atoms with Crippen LogP contribution < -0.4 is 26.9 Å². The van der Waals surface area contributed by atoms with Crippen molar-refractivity contribution in [1.29, 1.82) is 0 Å². The third kappa shape index (κ3) is 2.36. The summed E-state index contributed by atoms with van der Waals surface area (Å²) in [6.07, 6.45) is 10.6. The van der Waals surface area contributed by atoms with Gasteiger partial charge in [0.05, 0.1) is 11.0 Å². The fraction of sp³-hybridized carbons (Fsp3) is 0.500. The van der Waals surface area contributed by atoms with Gasteiger partial charge in [-0.25, -0.2) is 0 Å². The van der Waals surface area contributed by atoms with E-state index in [9.17, 15) is 9.59 Å². The second-order valence-corrected chi connectivity index (χ2v) is 8.54. The molecule has 4 aliphatic rings. The Kier molecular flexibility index (Phi) is 3.86. The molecule has 1 aromatic rings. The van der Waals surface area contributed by atoms with Gasteiger partial charge in [0.2, 0.25) is 0 Å². The highest BCUT2D eigenvalue weighted by molar-refractivity contribution is 6.39. The van der Waals surface area contributed by atoms with Crippen LogP contribution in [0.5, 0.6) is 0 Å². The van der Waals surface area contributed by atoms with Gasteiger partial charge >= 0.3 is 0 Å². The monoisotopic (exact) mass is 378 g/mol. The Morgan fingerprint density at radius 2 is 1.86 bits per heavy atom. The number of nitrogens with zero attached hydrogens (tertiary/aromatic N) is 2. The molecule has 5 rings (SSSR count). The van der Waals surface area contributed by atoms with E-state index in [-0.39, 0.29) is 11.2 Å². The van der Waals surface area contributed by atoms with Crippen molar-refractivity contribution in [1.82, 2.24) is 0 Å². The number of benzene rings is 1. The smallest absolute Gasteiger partial charge is 0.254 e. The molecule has 0 bridgehead atoms. The average molecular weight is 378 g/mol. The summed E-state index contributed by atoms with van der Waals surface area (Å²) in [6, 6.07) is 5.56. The summed E-state index contributed by atoms with van der Waals surface area (Å²) in [5.74, 6) is -1.04. The summed E-state index contributed by atoms with van der Waals surface area (Å²) in [6.45, 7) is 0. The molecule has 2 aliphatic carbocycles. The van der Waals surface area contributed by atoms with Crippen molar-refractivity contribution < 1.29 is 9.59 Å². The van der Waals surface area contributed by atoms with Crippen LogP contribution in [-0.4, -0.2) is 17.5 Å². The molecule has 1 fully saturated rings. The Balaban J connectivity index is 1.76. The molecule has 6 heteroatoms. The molecule has 2 heterocycles. The average Bonchev–Trinajstić information content (AvgIpc) is 2.99. The van der Waals surface area contributed by atoms with E-state index < -0.39 is 11.8 Å². The predicted octanol–water partition coefficient (Wildman–Crippen LogP) is 1.37. The zero-order valence-electron chi connectivity index (χ0n) is 16.0. The van der Waals surface area contributed by atoms with E-state index >= 15 is 0 Å². The number of allylic oxidation sites excluding steroid dienone is 2. The number of primary amides is 2. The fourth-order valence-corrected chi connectivity index (χ4v) is 5.86. The molecule has 6 nitrogen and oxygen atoms in total. The lowest BCUT2D eigenvalue weighted by molar-refractivity contribution is -0.117. The van der Waals surface area contributed by atoms with Crippen molar-refractivity contribution in [2.24, 2.45) is 22.4 Å². The standard InChI is InChI=1S/C22H26N4O2/c23-20(27)19(21(24)28)14-8-9-16-18(12-14)26-17-7-2-1-5-13(17)11-15-6-3-4-10-22(15,26)25-16/h8-9,12,15H,1-7,10-11H2,(H2,23,27)(H2,24,28)/t15-,22-/m0/s1. The van der Waals surface area contributed by atoms with Crippen LogP contribution in [0.15, 0.2) is 34.5 Å². The van der Waals surface area contributed by atoms with Crippen LogP contribution in [0.1, 0.15) is 57.8 Å². The third-order valence-electron chi connectivity index (χ3n) is 7.01. The fourth-order valence-electron chi connectivity index (χ4n) is 5.86. The van der Waals surface area contributed by atoms with Crippen LogP contribution in [0.2, 0.25) is 0 Å². The zero-order valence-corrected chi connectivity index (χ0v) is 16.0. The maximum absolute atomic E-state index is 11.8. The van der Waals surface area contributed by atoms with Crippen molar-refractivity contribution in [3.05, 3.63) is 40.0 Å². The van der Waals surface area contributed by atoms with E-state index in [1.54, 1.807) is 11.6 Å². The normalized spacial score (nSPS) is 27.9. The van der Waals surface area contributed by atoms with Crippen molar-refractivity contribution in [3.63, 3.8) is 0 Å². The number of amides is 2. The summed E-state index contributed by atoms with van der Waals surface area (Å²) in [5.41, 5.74) is 14.5. The van der Waals surface area contributed by atoms with Gasteiger partial charge in [0.15, 0.2) is 0 Å². The minimum absolute atomic E-state index is 0.140.